The monoisotopic (exact) mass is 409 g/mol. The molecular formula is C24H27NO5. The van der Waals surface area contributed by atoms with Crippen molar-refractivity contribution < 1.29 is 24.5 Å². The van der Waals surface area contributed by atoms with E-state index in [1.54, 1.807) is 24.3 Å². The van der Waals surface area contributed by atoms with Crippen LogP contribution in [0, 0.1) is 12.8 Å². The Hall–Kier alpha value is -3.12. The molecule has 0 unspecified atom stereocenters. The van der Waals surface area contributed by atoms with Crippen molar-refractivity contribution in [2.45, 2.75) is 26.8 Å². The third kappa shape index (κ3) is 4.39. The van der Waals surface area contributed by atoms with E-state index in [0.29, 0.717) is 29.4 Å². The van der Waals surface area contributed by atoms with Gasteiger partial charge in [-0.2, -0.15) is 0 Å². The largest absolute Gasteiger partial charge is 0.507 e. The minimum Gasteiger partial charge on any atom is -0.507 e. The predicted molar refractivity (Wildman–Crippen MR) is 114 cm³/mol. The number of Topliss-reactive ketones (excluding diaryl/α,β-unsaturated/α-hetero) is 1. The summed E-state index contributed by atoms with van der Waals surface area (Å²) in [5.41, 5.74) is 2.18. The van der Waals surface area contributed by atoms with Crippen LogP contribution in [0.1, 0.15) is 36.6 Å². The zero-order valence-electron chi connectivity index (χ0n) is 17.5. The molecule has 2 aromatic rings. The van der Waals surface area contributed by atoms with E-state index in [1.807, 2.05) is 31.2 Å². The summed E-state index contributed by atoms with van der Waals surface area (Å²) in [6, 6.07) is 13.4. The Kier molecular flexibility index (Phi) is 6.57. The quantitative estimate of drug-likeness (QED) is 0.416. The molecule has 0 aromatic heterocycles. The topological polar surface area (TPSA) is 87.1 Å². The number of likely N-dealkylation sites (tertiary alicyclic amines) is 1. The normalized spacial score (nSPS) is 18.3. The summed E-state index contributed by atoms with van der Waals surface area (Å²) in [5.74, 6) is -0.680. The third-order valence-corrected chi connectivity index (χ3v) is 4.99. The second-order valence-corrected chi connectivity index (χ2v) is 7.86. The maximum absolute atomic E-state index is 12.8. The van der Waals surface area contributed by atoms with E-state index in [0.717, 1.165) is 5.56 Å². The van der Waals surface area contributed by atoms with Crippen molar-refractivity contribution in [3.63, 3.8) is 0 Å². The van der Waals surface area contributed by atoms with Crippen molar-refractivity contribution in [2.75, 3.05) is 19.8 Å². The Morgan fingerprint density at radius 3 is 2.27 bits per heavy atom. The summed E-state index contributed by atoms with van der Waals surface area (Å²) in [6.45, 7) is 6.34. The molecule has 1 fully saturated rings. The first-order valence-corrected chi connectivity index (χ1v) is 10.0. The maximum atomic E-state index is 12.8. The van der Waals surface area contributed by atoms with Crippen LogP contribution >= 0.6 is 0 Å². The van der Waals surface area contributed by atoms with Gasteiger partial charge >= 0.3 is 0 Å². The molecule has 1 aliphatic heterocycles. The molecule has 1 aliphatic rings. The average molecular weight is 409 g/mol. The maximum Gasteiger partial charge on any atom is 0.295 e. The molecule has 2 aromatic carbocycles. The molecule has 6 nitrogen and oxygen atoms in total. The first-order chi connectivity index (χ1) is 14.3. The van der Waals surface area contributed by atoms with Crippen molar-refractivity contribution in [3.05, 3.63) is 70.8 Å². The minimum atomic E-state index is -0.758. The summed E-state index contributed by atoms with van der Waals surface area (Å²) < 4.78 is 5.66. The van der Waals surface area contributed by atoms with Gasteiger partial charge in [0.1, 0.15) is 11.5 Å². The van der Waals surface area contributed by atoms with Crippen LogP contribution < -0.4 is 4.74 Å². The number of nitrogens with zero attached hydrogens (tertiary/aromatic N) is 1. The molecule has 30 heavy (non-hydrogen) atoms. The number of amides is 1. The molecule has 1 amide bonds. The number of aliphatic hydroxyl groups is 2. The lowest BCUT2D eigenvalue weighted by Crippen LogP contribution is -2.32. The number of aliphatic hydroxyl groups excluding tert-OH is 2. The van der Waals surface area contributed by atoms with E-state index >= 15 is 0 Å². The fourth-order valence-electron chi connectivity index (χ4n) is 3.44. The van der Waals surface area contributed by atoms with E-state index < -0.39 is 17.7 Å². The standard InChI is InChI=1S/C24H27NO5/c1-15(2)14-30-19-10-8-18(9-11-19)22(27)20-21(17-6-4-16(3)5-7-17)25(12-13-26)24(29)23(20)28/h4-11,15,21,26-27H,12-14H2,1-3H3/t21-/m0/s1. The van der Waals surface area contributed by atoms with Crippen LogP contribution in [0.25, 0.3) is 5.76 Å². The molecule has 0 aliphatic carbocycles. The van der Waals surface area contributed by atoms with Gasteiger partial charge in [0.25, 0.3) is 11.7 Å². The van der Waals surface area contributed by atoms with Gasteiger partial charge in [0.05, 0.1) is 24.8 Å². The fraction of sp³-hybridized carbons (Fsp3) is 0.333. The summed E-state index contributed by atoms with van der Waals surface area (Å²) in [4.78, 5) is 26.7. The molecule has 2 N–H and O–H groups in total. The number of hydrogen-bond donors (Lipinski definition) is 2. The van der Waals surface area contributed by atoms with Gasteiger partial charge in [-0.05, 0) is 42.7 Å². The number of hydrogen-bond acceptors (Lipinski definition) is 5. The molecule has 6 heteroatoms. The highest BCUT2D eigenvalue weighted by Crippen LogP contribution is 2.39. The molecule has 1 heterocycles. The first kappa shape index (κ1) is 21.6. The van der Waals surface area contributed by atoms with E-state index in [2.05, 4.69) is 13.8 Å². The molecule has 0 spiro atoms. The molecule has 158 valence electrons. The molecular weight excluding hydrogens is 382 g/mol. The van der Waals surface area contributed by atoms with Gasteiger partial charge in [-0.15, -0.1) is 0 Å². The second-order valence-electron chi connectivity index (χ2n) is 7.86. The lowest BCUT2D eigenvalue weighted by Gasteiger charge is -2.24. The van der Waals surface area contributed by atoms with Crippen LogP contribution in [0.5, 0.6) is 5.75 Å². The Labute approximate surface area is 176 Å². The van der Waals surface area contributed by atoms with Crippen LogP contribution in [0.4, 0.5) is 0 Å². The third-order valence-electron chi connectivity index (χ3n) is 4.99. The number of rotatable bonds is 7. The van der Waals surface area contributed by atoms with Gasteiger partial charge in [-0.1, -0.05) is 43.7 Å². The highest BCUT2D eigenvalue weighted by molar-refractivity contribution is 6.46. The van der Waals surface area contributed by atoms with Gasteiger partial charge in [0, 0.05) is 12.1 Å². The lowest BCUT2D eigenvalue weighted by molar-refractivity contribution is -0.140. The second kappa shape index (κ2) is 9.13. The lowest BCUT2D eigenvalue weighted by atomic mass is 9.94. The molecule has 0 bridgehead atoms. The number of carbonyl (C=O) groups excluding carboxylic acids is 2. The highest BCUT2D eigenvalue weighted by atomic mass is 16.5. The van der Waals surface area contributed by atoms with Crippen molar-refractivity contribution in [3.8, 4) is 5.75 Å². The summed E-state index contributed by atoms with van der Waals surface area (Å²) in [6.07, 6.45) is 0. The number of aryl methyl sites for hydroxylation is 1. The highest BCUT2D eigenvalue weighted by Gasteiger charge is 2.45. The first-order valence-electron chi connectivity index (χ1n) is 10.0. The van der Waals surface area contributed by atoms with E-state index in [1.165, 1.54) is 4.90 Å². The molecule has 0 radical (unpaired) electrons. The fourth-order valence-corrected chi connectivity index (χ4v) is 3.44. The Morgan fingerprint density at radius 1 is 1.07 bits per heavy atom. The number of carbonyl (C=O) groups is 2. The Balaban J connectivity index is 2.02. The van der Waals surface area contributed by atoms with Crippen LogP contribution in [-0.4, -0.2) is 46.6 Å². The van der Waals surface area contributed by atoms with E-state index in [4.69, 9.17) is 4.74 Å². The predicted octanol–water partition coefficient (Wildman–Crippen LogP) is 3.44. The number of ketones is 1. The molecule has 3 rings (SSSR count). The van der Waals surface area contributed by atoms with Gasteiger partial charge in [-0.25, -0.2) is 0 Å². The average Bonchev–Trinajstić information content (AvgIpc) is 2.98. The summed E-state index contributed by atoms with van der Waals surface area (Å²) >= 11 is 0. The zero-order chi connectivity index (χ0) is 21.8. The molecule has 0 saturated carbocycles. The van der Waals surface area contributed by atoms with Crippen molar-refractivity contribution in [1.29, 1.82) is 0 Å². The number of β-amino-alcohol motifs (C(OH)–C–C–N with tert-alkyl or cyclic N) is 1. The van der Waals surface area contributed by atoms with Gasteiger partial charge in [0.15, 0.2) is 0 Å². The number of benzene rings is 2. The van der Waals surface area contributed by atoms with Gasteiger partial charge < -0.3 is 19.8 Å². The van der Waals surface area contributed by atoms with E-state index in [9.17, 15) is 19.8 Å². The summed E-state index contributed by atoms with van der Waals surface area (Å²) in [7, 11) is 0. The Morgan fingerprint density at radius 2 is 1.70 bits per heavy atom. The summed E-state index contributed by atoms with van der Waals surface area (Å²) in [5, 5.41) is 20.4. The van der Waals surface area contributed by atoms with E-state index in [-0.39, 0.29) is 24.5 Å². The molecule has 1 atom stereocenters. The Bertz CT molecular complexity index is 945. The van der Waals surface area contributed by atoms with Crippen LogP contribution in [-0.2, 0) is 9.59 Å². The van der Waals surface area contributed by atoms with Crippen LogP contribution in [0.3, 0.4) is 0 Å². The molecule has 1 saturated heterocycles. The minimum absolute atomic E-state index is 0.00186. The van der Waals surface area contributed by atoms with Gasteiger partial charge in [0.2, 0.25) is 0 Å². The SMILES string of the molecule is Cc1ccc([C@H]2C(=C(O)c3ccc(OCC(C)C)cc3)C(=O)C(=O)N2CCO)cc1. The van der Waals surface area contributed by atoms with Crippen molar-refractivity contribution in [1.82, 2.24) is 4.90 Å². The van der Waals surface area contributed by atoms with Crippen molar-refractivity contribution >= 4 is 17.4 Å². The smallest absolute Gasteiger partial charge is 0.295 e. The zero-order valence-corrected chi connectivity index (χ0v) is 17.5. The van der Waals surface area contributed by atoms with Gasteiger partial charge in [-0.3, -0.25) is 9.59 Å². The van der Waals surface area contributed by atoms with Crippen LogP contribution in [0.15, 0.2) is 54.1 Å². The van der Waals surface area contributed by atoms with Crippen molar-refractivity contribution in [2.24, 2.45) is 5.92 Å². The number of ether oxygens (including phenoxy) is 1. The van der Waals surface area contributed by atoms with Crippen LogP contribution in [0.2, 0.25) is 0 Å².